The lowest BCUT2D eigenvalue weighted by Gasteiger charge is -2.12. The molecule has 0 unspecified atom stereocenters. The van der Waals surface area contributed by atoms with E-state index in [-0.39, 0.29) is 11.3 Å². The van der Waals surface area contributed by atoms with E-state index in [1.165, 1.54) is 39.2 Å². The van der Waals surface area contributed by atoms with Crippen molar-refractivity contribution in [2.24, 2.45) is 5.41 Å². The van der Waals surface area contributed by atoms with Gasteiger partial charge in [-0.2, -0.15) is 0 Å². The van der Waals surface area contributed by atoms with Crippen molar-refractivity contribution in [2.75, 3.05) is 0 Å². The summed E-state index contributed by atoms with van der Waals surface area (Å²) in [7, 11) is 0. The average molecular weight is 405 g/mol. The molecule has 0 saturated carbocycles. The highest BCUT2D eigenvalue weighted by Gasteiger charge is 2.18. The maximum absolute atomic E-state index is 12.4. The molecule has 1 N–H and O–H groups in total. The van der Waals surface area contributed by atoms with Crippen LogP contribution in [0.5, 0.6) is 0 Å². The number of ketones is 1. The summed E-state index contributed by atoms with van der Waals surface area (Å²) in [4.78, 5) is 27.4. The highest BCUT2D eigenvalue weighted by Crippen LogP contribution is 2.29. The Labute approximate surface area is 172 Å². The minimum atomic E-state index is -0.469. The second-order valence-corrected chi connectivity index (χ2v) is 9.31. The van der Waals surface area contributed by atoms with Gasteiger partial charge in [0.05, 0.1) is 9.20 Å². The molecule has 0 saturated heterocycles. The third kappa shape index (κ3) is 3.58. The zero-order chi connectivity index (χ0) is 20.8. The van der Waals surface area contributed by atoms with Crippen molar-refractivity contribution in [3.05, 3.63) is 67.6 Å². The zero-order valence-electron chi connectivity index (χ0n) is 17.1. The van der Waals surface area contributed by atoms with Gasteiger partial charge >= 0.3 is 0 Å². The fourth-order valence-corrected chi connectivity index (χ4v) is 4.40. The van der Waals surface area contributed by atoms with Crippen LogP contribution >= 0.6 is 11.3 Å². The van der Waals surface area contributed by atoms with Crippen LogP contribution in [0.4, 0.5) is 0 Å². The number of hydrogen-bond donors (Lipinski definition) is 1. The lowest BCUT2D eigenvalue weighted by molar-refractivity contribution is -0.119. The van der Waals surface area contributed by atoms with Gasteiger partial charge in [0.2, 0.25) is 0 Å². The Morgan fingerprint density at radius 1 is 1.10 bits per heavy atom. The number of thiazole rings is 1. The van der Waals surface area contributed by atoms with Crippen LogP contribution in [-0.2, 0) is 11.3 Å². The van der Waals surface area contributed by atoms with E-state index < -0.39 is 5.41 Å². The zero-order valence-corrected chi connectivity index (χ0v) is 17.9. The molecule has 29 heavy (non-hydrogen) atoms. The molecule has 2 aromatic heterocycles. The molecule has 148 valence electrons. The number of carbonyl (C=O) groups excluding carboxylic acids is 1. The van der Waals surface area contributed by atoms with E-state index in [1.807, 2.05) is 32.9 Å². The van der Waals surface area contributed by atoms with Gasteiger partial charge in [-0.1, -0.05) is 45.0 Å². The first-order valence-electron chi connectivity index (χ1n) is 9.76. The smallest absolute Gasteiger partial charge is 0.266 e. The molecular formula is C24H24N2O2S. The molecule has 4 nitrogen and oxygen atoms in total. The lowest BCUT2D eigenvalue weighted by Crippen LogP contribution is -2.22. The number of aromatic amines is 1. The summed E-state index contributed by atoms with van der Waals surface area (Å²) >= 11 is 1.31. The van der Waals surface area contributed by atoms with Crippen LogP contribution in [0.15, 0.2) is 47.3 Å². The van der Waals surface area contributed by atoms with Crippen molar-refractivity contribution in [2.45, 2.75) is 34.2 Å². The van der Waals surface area contributed by atoms with E-state index in [0.717, 1.165) is 12.1 Å². The number of fused-ring (bicyclic) bond motifs is 3. The largest absolute Gasteiger partial charge is 0.341 e. The van der Waals surface area contributed by atoms with Gasteiger partial charge in [0.1, 0.15) is 0 Å². The Balaban J connectivity index is 1.86. The Hall–Kier alpha value is -2.92. The van der Waals surface area contributed by atoms with Crippen molar-refractivity contribution in [1.29, 1.82) is 0 Å². The van der Waals surface area contributed by atoms with Crippen LogP contribution < -0.4 is 14.8 Å². The molecule has 0 aliphatic heterocycles. The van der Waals surface area contributed by atoms with Gasteiger partial charge in [-0.15, -0.1) is 11.3 Å². The quantitative estimate of drug-likeness (QED) is 0.565. The van der Waals surface area contributed by atoms with Gasteiger partial charge in [-0.25, -0.2) is 0 Å². The molecule has 0 spiro atoms. The summed E-state index contributed by atoms with van der Waals surface area (Å²) in [5.74, 6) is -0.00431. The van der Waals surface area contributed by atoms with Crippen molar-refractivity contribution in [3.63, 3.8) is 0 Å². The lowest BCUT2D eigenvalue weighted by atomic mass is 9.91. The second kappa shape index (κ2) is 7.16. The number of aromatic nitrogens is 2. The molecule has 0 bridgehead atoms. The average Bonchev–Trinajstić information content (AvgIpc) is 3.18. The Morgan fingerprint density at radius 2 is 1.83 bits per heavy atom. The van der Waals surface area contributed by atoms with Crippen LogP contribution in [0.1, 0.15) is 33.3 Å². The van der Waals surface area contributed by atoms with E-state index >= 15 is 0 Å². The van der Waals surface area contributed by atoms with E-state index in [2.05, 4.69) is 52.9 Å². The predicted molar refractivity (Wildman–Crippen MR) is 122 cm³/mol. The summed E-state index contributed by atoms with van der Waals surface area (Å²) < 4.78 is 3.48. The number of Topliss-reactive ketones (excluding diaryl/α,β-unsaturated/α-hetero) is 1. The predicted octanol–water partition coefficient (Wildman–Crippen LogP) is 3.79. The molecule has 4 rings (SSSR count). The molecule has 0 amide bonds. The van der Waals surface area contributed by atoms with Crippen LogP contribution in [0.25, 0.3) is 34.0 Å². The standard InChI is InChI=1S/C24H24N2O2S/c1-5-26-18-9-7-6-8-16(18)17-12-15(10-11-19(17)26)13-20-23(28)25-22(29-20)14-21(27)24(2,3)4/h6-14H,5H2,1-4H3,(H,25,28). The highest BCUT2D eigenvalue weighted by molar-refractivity contribution is 7.07. The van der Waals surface area contributed by atoms with Gasteiger partial charge in [-0.05, 0) is 36.8 Å². The fraction of sp³-hybridized carbons (Fsp3) is 0.250. The van der Waals surface area contributed by atoms with E-state index in [1.54, 1.807) is 0 Å². The summed E-state index contributed by atoms with van der Waals surface area (Å²) in [6.07, 6.45) is 3.42. The Kier molecular flexibility index (Phi) is 4.79. The minimum Gasteiger partial charge on any atom is -0.341 e. The third-order valence-corrected chi connectivity index (χ3v) is 6.06. The summed E-state index contributed by atoms with van der Waals surface area (Å²) in [6.45, 7) is 8.65. The van der Waals surface area contributed by atoms with Crippen molar-refractivity contribution in [1.82, 2.24) is 9.55 Å². The fourth-order valence-electron chi connectivity index (χ4n) is 3.51. The number of benzene rings is 2. The molecule has 0 aliphatic carbocycles. The first-order valence-corrected chi connectivity index (χ1v) is 10.6. The van der Waals surface area contributed by atoms with E-state index in [9.17, 15) is 9.59 Å². The molecule has 0 radical (unpaired) electrons. The minimum absolute atomic E-state index is 0.00431. The first-order chi connectivity index (χ1) is 13.8. The number of aryl methyl sites for hydroxylation is 1. The number of nitrogens with one attached hydrogen (secondary N) is 1. The van der Waals surface area contributed by atoms with Crippen molar-refractivity contribution >= 4 is 51.1 Å². The Morgan fingerprint density at radius 3 is 2.55 bits per heavy atom. The summed E-state index contributed by atoms with van der Waals surface area (Å²) in [6, 6.07) is 14.7. The number of para-hydroxylation sites is 1. The number of nitrogens with zero attached hydrogens (tertiary/aromatic N) is 1. The second-order valence-electron chi connectivity index (χ2n) is 8.23. The molecule has 0 fully saturated rings. The topological polar surface area (TPSA) is 54.9 Å². The van der Waals surface area contributed by atoms with Gasteiger partial charge in [0.15, 0.2) is 5.78 Å². The first kappa shape index (κ1) is 19.4. The van der Waals surface area contributed by atoms with Crippen LogP contribution in [0.3, 0.4) is 0 Å². The molecule has 4 aromatic rings. The van der Waals surface area contributed by atoms with Crippen LogP contribution in [-0.4, -0.2) is 15.3 Å². The monoisotopic (exact) mass is 404 g/mol. The number of hydrogen-bond acceptors (Lipinski definition) is 3. The van der Waals surface area contributed by atoms with E-state index in [0.29, 0.717) is 9.20 Å². The van der Waals surface area contributed by atoms with Crippen LogP contribution in [0, 0.1) is 5.41 Å². The molecular weight excluding hydrogens is 380 g/mol. The molecule has 5 heteroatoms. The Bertz CT molecular complexity index is 1410. The SMILES string of the molecule is CCn1c2ccccc2c2cc(C=c3sc(=CC(=O)C(C)(C)C)[nH]c3=O)ccc21. The number of carbonyl (C=O) groups is 1. The van der Waals surface area contributed by atoms with Gasteiger partial charge in [-0.3, -0.25) is 9.59 Å². The molecule has 0 aliphatic rings. The summed E-state index contributed by atoms with van der Waals surface area (Å²) in [5.41, 5.74) is 2.74. The molecule has 2 aromatic carbocycles. The molecule has 0 atom stereocenters. The number of rotatable bonds is 3. The van der Waals surface area contributed by atoms with Crippen molar-refractivity contribution < 1.29 is 4.79 Å². The van der Waals surface area contributed by atoms with Gasteiger partial charge in [0, 0.05) is 39.8 Å². The normalized spacial score (nSPS) is 13.7. The van der Waals surface area contributed by atoms with Crippen LogP contribution in [0.2, 0.25) is 0 Å². The third-order valence-electron chi connectivity index (χ3n) is 5.09. The number of H-pyrrole nitrogens is 1. The van der Waals surface area contributed by atoms with E-state index in [4.69, 9.17) is 0 Å². The maximum Gasteiger partial charge on any atom is 0.266 e. The molecule has 2 heterocycles. The summed E-state index contributed by atoms with van der Waals surface area (Å²) in [5, 5.41) is 2.39. The highest BCUT2D eigenvalue weighted by atomic mass is 32.1. The van der Waals surface area contributed by atoms with Crippen molar-refractivity contribution in [3.8, 4) is 0 Å². The maximum atomic E-state index is 12.4. The van der Waals surface area contributed by atoms with Gasteiger partial charge < -0.3 is 9.55 Å². The van der Waals surface area contributed by atoms with Gasteiger partial charge in [0.25, 0.3) is 5.56 Å².